The molecule has 0 spiro atoms. The number of hydrogen-bond acceptors (Lipinski definition) is 2. The zero-order chi connectivity index (χ0) is 11.1. The van der Waals surface area contributed by atoms with E-state index in [1.54, 1.807) is 0 Å². The highest BCUT2D eigenvalue weighted by Crippen LogP contribution is 2.43. The SMILES string of the molecule is Cc1ccc2c(c1)OC1CCCCC1C2N. The fourth-order valence-corrected chi connectivity index (χ4v) is 3.10. The van der Waals surface area contributed by atoms with E-state index in [-0.39, 0.29) is 6.04 Å². The summed E-state index contributed by atoms with van der Waals surface area (Å²) >= 11 is 0. The van der Waals surface area contributed by atoms with E-state index in [1.165, 1.54) is 36.8 Å². The molecule has 0 aromatic heterocycles. The average molecular weight is 217 g/mol. The lowest BCUT2D eigenvalue weighted by Gasteiger charge is -2.40. The highest BCUT2D eigenvalue weighted by atomic mass is 16.5. The molecular weight excluding hydrogens is 198 g/mol. The van der Waals surface area contributed by atoms with Gasteiger partial charge in [0, 0.05) is 17.5 Å². The maximum absolute atomic E-state index is 6.37. The Labute approximate surface area is 96.8 Å². The van der Waals surface area contributed by atoms with Crippen molar-refractivity contribution in [3.05, 3.63) is 29.3 Å². The van der Waals surface area contributed by atoms with Crippen LogP contribution in [0.5, 0.6) is 5.75 Å². The minimum atomic E-state index is 0.176. The molecule has 3 unspecified atom stereocenters. The van der Waals surface area contributed by atoms with Crippen molar-refractivity contribution < 1.29 is 4.74 Å². The standard InChI is InChI=1S/C14H19NO/c1-9-6-7-11-13(8-9)16-12-5-3-2-4-10(12)14(11)15/h6-8,10,12,14H,2-5,15H2,1H3. The Bertz CT molecular complexity index is 402. The van der Waals surface area contributed by atoms with E-state index in [1.807, 2.05) is 0 Å². The fraction of sp³-hybridized carbons (Fsp3) is 0.571. The van der Waals surface area contributed by atoms with Gasteiger partial charge < -0.3 is 10.5 Å². The summed E-state index contributed by atoms with van der Waals surface area (Å²) in [7, 11) is 0. The molecule has 2 nitrogen and oxygen atoms in total. The smallest absolute Gasteiger partial charge is 0.124 e. The number of hydrogen-bond donors (Lipinski definition) is 1. The van der Waals surface area contributed by atoms with Crippen molar-refractivity contribution in [3.8, 4) is 5.75 Å². The molecule has 3 rings (SSSR count). The predicted molar refractivity (Wildman–Crippen MR) is 64.5 cm³/mol. The van der Waals surface area contributed by atoms with Gasteiger partial charge in [0.2, 0.25) is 0 Å². The van der Waals surface area contributed by atoms with Gasteiger partial charge in [-0.3, -0.25) is 0 Å². The highest BCUT2D eigenvalue weighted by Gasteiger charge is 2.37. The summed E-state index contributed by atoms with van der Waals surface area (Å²) in [5, 5.41) is 0. The molecule has 2 heteroatoms. The van der Waals surface area contributed by atoms with Crippen LogP contribution in [-0.4, -0.2) is 6.10 Å². The number of aryl methyl sites for hydroxylation is 1. The van der Waals surface area contributed by atoms with Crippen molar-refractivity contribution in [2.75, 3.05) is 0 Å². The van der Waals surface area contributed by atoms with Crippen LogP contribution in [0.15, 0.2) is 18.2 Å². The Balaban J connectivity index is 1.99. The van der Waals surface area contributed by atoms with Gasteiger partial charge in [0.15, 0.2) is 0 Å². The summed E-state index contributed by atoms with van der Waals surface area (Å²) < 4.78 is 6.11. The van der Waals surface area contributed by atoms with Crippen LogP contribution in [0.25, 0.3) is 0 Å². The molecule has 1 aliphatic carbocycles. The Morgan fingerprint density at radius 3 is 2.94 bits per heavy atom. The topological polar surface area (TPSA) is 35.2 Å². The van der Waals surface area contributed by atoms with E-state index in [0.29, 0.717) is 12.0 Å². The Morgan fingerprint density at radius 1 is 1.25 bits per heavy atom. The van der Waals surface area contributed by atoms with Gasteiger partial charge in [0.05, 0.1) is 0 Å². The van der Waals surface area contributed by atoms with Crippen LogP contribution in [0, 0.1) is 12.8 Å². The van der Waals surface area contributed by atoms with Gasteiger partial charge in [-0.2, -0.15) is 0 Å². The molecule has 0 bridgehead atoms. The second-order valence-electron chi connectivity index (χ2n) is 5.17. The Kier molecular flexibility index (Phi) is 2.40. The molecular formula is C14H19NO. The van der Waals surface area contributed by atoms with Gasteiger partial charge in [0.25, 0.3) is 0 Å². The average Bonchev–Trinajstić information content (AvgIpc) is 2.29. The van der Waals surface area contributed by atoms with Gasteiger partial charge in [-0.05, 0) is 37.8 Å². The molecule has 86 valence electrons. The Morgan fingerprint density at radius 2 is 2.06 bits per heavy atom. The number of rotatable bonds is 0. The molecule has 0 amide bonds. The molecule has 1 saturated carbocycles. The van der Waals surface area contributed by atoms with Crippen molar-refractivity contribution >= 4 is 0 Å². The van der Waals surface area contributed by atoms with Crippen molar-refractivity contribution in [3.63, 3.8) is 0 Å². The minimum absolute atomic E-state index is 0.176. The number of fused-ring (bicyclic) bond motifs is 2. The second kappa shape index (κ2) is 3.77. The van der Waals surface area contributed by atoms with Crippen LogP contribution in [0.4, 0.5) is 0 Å². The summed E-state index contributed by atoms with van der Waals surface area (Å²) in [5.74, 6) is 1.56. The van der Waals surface area contributed by atoms with Crippen molar-refractivity contribution in [1.82, 2.24) is 0 Å². The largest absolute Gasteiger partial charge is 0.490 e. The first-order valence-electron chi connectivity index (χ1n) is 6.28. The van der Waals surface area contributed by atoms with Crippen LogP contribution in [0.3, 0.4) is 0 Å². The lowest BCUT2D eigenvalue weighted by molar-refractivity contribution is 0.0567. The zero-order valence-electron chi connectivity index (χ0n) is 9.78. The first-order valence-corrected chi connectivity index (χ1v) is 6.28. The minimum Gasteiger partial charge on any atom is -0.490 e. The van der Waals surface area contributed by atoms with Gasteiger partial charge in [-0.25, -0.2) is 0 Å². The molecule has 0 saturated heterocycles. The third kappa shape index (κ3) is 1.52. The van der Waals surface area contributed by atoms with E-state index >= 15 is 0 Å². The number of nitrogens with two attached hydrogens (primary N) is 1. The highest BCUT2D eigenvalue weighted by molar-refractivity contribution is 5.41. The summed E-state index contributed by atoms with van der Waals surface area (Å²) in [6, 6.07) is 6.57. The van der Waals surface area contributed by atoms with Gasteiger partial charge in [-0.1, -0.05) is 18.6 Å². The molecule has 3 atom stereocenters. The van der Waals surface area contributed by atoms with Crippen LogP contribution in [-0.2, 0) is 0 Å². The molecule has 1 aromatic carbocycles. The van der Waals surface area contributed by atoms with E-state index in [9.17, 15) is 0 Å². The van der Waals surface area contributed by atoms with Crippen LogP contribution in [0.1, 0.15) is 42.9 Å². The Hall–Kier alpha value is -1.02. The molecule has 2 N–H and O–H groups in total. The lowest BCUT2D eigenvalue weighted by atomic mass is 9.77. The number of benzene rings is 1. The van der Waals surface area contributed by atoms with E-state index in [0.717, 1.165) is 5.75 Å². The first-order chi connectivity index (χ1) is 7.75. The van der Waals surface area contributed by atoms with E-state index in [4.69, 9.17) is 10.5 Å². The second-order valence-corrected chi connectivity index (χ2v) is 5.17. The molecule has 2 aliphatic rings. The molecule has 1 fully saturated rings. The van der Waals surface area contributed by atoms with Crippen LogP contribution in [0.2, 0.25) is 0 Å². The maximum atomic E-state index is 6.37. The monoisotopic (exact) mass is 217 g/mol. The van der Waals surface area contributed by atoms with E-state index in [2.05, 4.69) is 25.1 Å². The van der Waals surface area contributed by atoms with Crippen molar-refractivity contribution in [2.24, 2.45) is 11.7 Å². The van der Waals surface area contributed by atoms with Crippen LogP contribution >= 0.6 is 0 Å². The summed E-state index contributed by atoms with van der Waals surface area (Å²) in [5.41, 5.74) is 8.82. The normalized spacial score (nSPS) is 32.5. The van der Waals surface area contributed by atoms with Gasteiger partial charge in [-0.15, -0.1) is 0 Å². The van der Waals surface area contributed by atoms with E-state index < -0.39 is 0 Å². The van der Waals surface area contributed by atoms with Crippen molar-refractivity contribution in [2.45, 2.75) is 44.8 Å². The number of ether oxygens (including phenoxy) is 1. The quantitative estimate of drug-likeness (QED) is 0.725. The maximum Gasteiger partial charge on any atom is 0.124 e. The summed E-state index contributed by atoms with van der Waals surface area (Å²) in [6.45, 7) is 2.10. The van der Waals surface area contributed by atoms with Gasteiger partial charge in [0.1, 0.15) is 11.9 Å². The van der Waals surface area contributed by atoms with Gasteiger partial charge >= 0.3 is 0 Å². The lowest BCUT2D eigenvalue weighted by Crippen LogP contribution is -2.41. The fourth-order valence-electron chi connectivity index (χ4n) is 3.10. The predicted octanol–water partition coefficient (Wildman–Crippen LogP) is 2.95. The molecule has 1 aromatic rings. The first kappa shape index (κ1) is 10.2. The molecule has 1 heterocycles. The molecule has 0 radical (unpaired) electrons. The summed E-state index contributed by atoms with van der Waals surface area (Å²) in [4.78, 5) is 0. The molecule has 1 aliphatic heterocycles. The van der Waals surface area contributed by atoms with Crippen LogP contribution < -0.4 is 10.5 Å². The summed E-state index contributed by atoms with van der Waals surface area (Å²) in [6.07, 6.45) is 5.34. The van der Waals surface area contributed by atoms with Crippen molar-refractivity contribution in [1.29, 1.82) is 0 Å². The third-order valence-electron chi connectivity index (χ3n) is 4.02. The zero-order valence-corrected chi connectivity index (χ0v) is 9.78. The molecule has 16 heavy (non-hydrogen) atoms. The third-order valence-corrected chi connectivity index (χ3v) is 4.02.